The van der Waals surface area contributed by atoms with Gasteiger partial charge in [-0.25, -0.2) is 4.79 Å². The van der Waals surface area contributed by atoms with Crippen LogP contribution < -0.4 is 16.4 Å². The number of amides is 3. The smallest absolute Gasteiger partial charge is 0.326 e. The second-order valence-corrected chi connectivity index (χ2v) is 8.09. The SMILES string of the molecule is NC(CS)C(=O)NC(Cc1ccccc1)C(=O)NC(CC(=O)O)C(=O)N1CCCC1C(=O)O. The minimum absolute atomic E-state index is 0.0389. The third-order valence-corrected chi connectivity index (χ3v) is 5.66. The van der Waals surface area contributed by atoms with Gasteiger partial charge in [-0.3, -0.25) is 19.2 Å². The van der Waals surface area contributed by atoms with Crippen molar-refractivity contribution in [2.24, 2.45) is 5.73 Å². The van der Waals surface area contributed by atoms with Crippen LogP contribution in [-0.2, 0) is 30.4 Å². The van der Waals surface area contributed by atoms with Crippen molar-refractivity contribution in [2.75, 3.05) is 12.3 Å². The predicted octanol–water partition coefficient (Wildman–Crippen LogP) is -0.994. The van der Waals surface area contributed by atoms with Gasteiger partial charge in [-0.15, -0.1) is 0 Å². The van der Waals surface area contributed by atoms with Crippen molar-refractivity contribution < 1.29 is 34.2 Å². The van der Waals surface area contributed by atoms with Gasteiger partial charge >= 0.3 is 11.9 Å². The molecule has 3 amide bonds. The van der Waals surface area contributed by atoms with Crippen LogP contribution in [0.15, 0.2) is 30.3 Å². The zero-order valence-corrected chi connectivity index (χ0v) is 18.7. The number of benzene rings is 1. The van der Waals surface area contributed by atoms with Gasteiger partial charge in [0, 0.05) is 18.7 Å². The Morgan fingerprint density at radius 1 is 1.06 bits per heavy atom. The Labute approximate surface area is 196 Å². The number of carboxylic acid groups (broad SMARTS) is 2. The molecule has 12 heteroatoms. The molecule has 1 heterocycles. The van der Waals surface area contributed by atoms with Crippen LogP contribution in [0.1, 0.15) is 24.8 Å². The van der Waals surface area contributed by atoms with E-state index >= 15 is 0 Å². The van der Waals surface area contributed by atoms with E-state index in [1.165, 1.54) is 0 Å². The van der Waals surface area contributed by atoms with E-state index in [1.54, 1.807) is 30.3 Å². The van der Waals surface area contributed by atoms with Gasteiger partial charge in [0.1, 0.15) is 18.1 Å². The molecule has 1 fully saturated rings. The molecule has 4 unspecified atom stereocenters. The number of hydrogen-bond donors (Lipinski definition) is 6. The molecule has 1 aliphatic rings. The highest BCUT2D eigenvalue weighted by Gasteiger charge is 2.39. The number of likely N-dealkylation sites (tertiary alicyclic amines) is 1. The lowest BCUT2D eigenvalue weighted by Crippen LogP contribution is -2.58. The summed E-state index contributed by atoms with van der Waals surface area (Å²) in [6.07, 6.45) is 0.0105. The molecule has 0 saturated carbocycles. The van der Waals surface area contributed by atoms with Crippen LogP contribution in [0.3, 0.4) is 0 Å². The third-order valence-electron chi connectivity index (χ3n) is 5.26. The van der Waals surface area contributed by atoms with Crippen molar-refractivity contribution in [3.8, 4) is 0 Å². The molecular weight excluding hydrogens is 452 g/mol. The maximum atomic E-state index is 13.1. The van der Waals surface area contributed by atoms with Crippen LogP contribution in [0.5, 0.6) is 0 Å². The van der Waals surface area contributed by atoms with Crippen molar-refractivity contribution in [3.63, 3.8) is 0 Å². The average molecular weight is 481 g/mol. The van der Waals surface area contributed by atoms with Crippen LogP contribution in [0, 0.1) is 0 Å². The highest BCUT2D eigenvalue weighted by Crippen LogP contribution is 2.19. The van der Waals surface area contributed by atoms with E-state index in [0.29, 0.717) is 12.0 Å². The fraction of sp³-hybridized carbons (Fsp3) is 0.476. The number of hydrogen-bond acceptors (Lipinski definition) is 7. The molecule has 0 bridgehead atoms. The number of nitrogens with one attached hydrogen (secondary N) is 2. The molecular formula is C21H28N4O7S. The largest absolute Gasteiger partial charge is 0.481 e. The lowest BCUT2D eigenvalue weighted by Gasteiger charge is -2.28. The Kier molecular flexibility index (Phi) is 9.67. The van der Waals surface area contributed by atoms with Crippen LogP contribution in [0.25, 0.3) is 0 Å². The van der Waals surface area contributed by atoms with Gasteiger partial charge in [-0.05, 0) is 18.4 Å². The van der Waals surface area contributed by atoms with Crippen LogP contribution >= 0.6 is 12.6 Å². The molecule has 0 aromatic heterocycles. The van der Waals surface area contributed by atoms with Crippen molar-refractivity contribution in [1.82, 2.24) is 15.5 Å². The minimum atomic E-state index is -1.50. The standard InChI is InChI=1S/C21H28N4O7S/c22-13(11-33)18(28)23-14(9-12-5-2-1-3-6-12)19(29)24-15(10-17(26)27)20(30)25-8-4-7-16(25)21(31)32/h1-3,5-6,13-16,33H,4,7-11,22H2,(H,23,28)(H,24,29)(H,26,27)(H,31,32). The summed E-state index contributed by atoms with van der Waals surface area (Å²) in [6.45, 7) is 0.142. The maximum Gasteiger partial charge on any atom is 0.326 e. The molecule has 1 aromatic rings. The van der Waals surface area contributed by atoms with Crippen molar-refractivity contribution in [3.05, 3.63) is 35.9 Å². The minimum Gasteiger partial charge on any atom is -0.481 e. The number of thiol groups is 1. The highest BCUT2D eigenvalue weighted by molar-refractivity contribution is 7.80. The molecule has 11 nitrogen and oxygen atoms in total. The van der Waals surface area contributed by atoms with Gasteiger partial charge in [0.2, 0.25) is 17.7 Å². The first-order chi connectivity index (χ1) is 15.6. The van der Waals surface area contributed by atoms with Gasteiger partial charge in [0.15, 0.2) is 0 Å². The zero-order valence-electron chi connectivity index (χ0n) is 17.8. The van der Waals surface area contributed by atoms with Crippen molar-refractivity contribution >= 4 is 42.3 Å². The summed E-state index contributed by atoms with van der Waals surface area (Å²) in [6, 6.07) is 4.07. The van der Waals surface area contributed by atoms with Gasteiger partial charge in [-0.2, -0.15) is 12.6 Å². The lowest BCUT2D eigenvalue weighted by molar-refractivity contribution is -0.150. The van der Waals surface area contributed by atoms with Gasteiger partial charge < -0.3 is 31.5 Å². The summed E-state index contributed by atoms with van der Waals surface area (Å²) in [5.41, 5.74) is 6.40. The normalized spacial score (nSPS) is 18.1. The number of rotatable bonds is 11. The number of nitrogens with two attached hydrogens (primary N) is 1. The molecule has 1 aliphatic heterocycles. The second-order valence-electron chi connectivity index (χ2n) is 7.73. The summed E-state index contributed by atoms with van der Waals surface area (Å²) >= 11 is 3.97. The summed E-state index contributed by atoms with van der Waals surface area (Å²) < 4.78 is 0. The van der Waals surface area contributed by atoms with E-state index < -0.39 is 60.2 Å². The van der Waals surface area contributed by atoms with Crippen LogP contribution in [0.2, 0.25) is 0 Å². The van der Waals surface area contributed by atoms with E-state index in [0.717, 1.165) is 4.90 Å². The molecule has 2 rings (SSSR count). The quantitative estimate of drug-likeness (QED) is 0.218. The van der Waals surface area contributed by atoms with E-state index in [4.69, 9.17) is 5.73 Å². The van der Waals surface area contributed by atoms with Crippen LogP contribution in [0.4, 0.5) is 0 Å². The average Bonchev–Trinajstić information content (AvgIpc) is 3.27. The predicted molar refractivity (Wildman–Crippen MR) is 120 cm³/mol. The van der Waals surface area contributed by atoms with Gasteiger partial charge in [0.05, 0.1) is 12.5 Å². The number of aliphatic carboxylic acids is 2. The fourth-order valence-corrected chi connectivity index (χ4v) is 3.72. The van der Waals surface area contributed by atoms with Gasteiger partial charge in [-0.1, -0.05) is 30.3 Å². The van der Waals surface area contributed by atoms with E-state index in [9.17, 15) is 34.2 Å². The maximum absolute atomic E-state index is 13.1. The first kappa shape index (κ1) is 26.1. The summed E-state index contributed by atoms with van der Waals surface area (Å²) in [5, 5.41) is 23.5. The Hall–Kier alpha value is -3.12. The Bertz CT molecular complexity index is 883. The topological polar surface area (TPSA) is 179 Å². The Morgan fingerprint density at radius 2 is 1.70 bits per heavy atom. The van der Waals surface area contributed by atoms with E-state index in [-0.39, 0.29) is 25.1 Å². The molecule has 1 aromatic carbocycles. The Morgan fingerprint density at radius 3 is 2.27 bits per heavy atom. The molecule has 1 saturated heterocycles. The number of carbonyl (C=O) groups is 5. The van der Waals surface area contributed by atoms with Crippen molar-refractivity contribution in [2.45, 2.75) is 49.9 Å². The first-order valence-corrected chi connectivity index (χ1v) is 11.0. The van der Waals surface area contributed by atoms with Crippen molar-refractivity contribution in [1.29, 1.82) is 0 Å². The monoisotopic (exact) mass is 480 g/mol. The fourth-order valence-electron chi connectivity index (χ4n) is 3.56. The third kappa shape index (κ3) is 7.46. The summed E-state index contributed by atoms with van der Waals surface area (Å²) in [4.78, 5) is 62.2. The molecule has 0 radical (unpaired) electrons. The second kappa shape index (κ2) is 12.2. The van der Waals surface area contributed by atoms with Gasteiger partial charge in [0.25, 0.3) is 0 Å². The van der Waals surface area contributed by atoms with E-state index in [1.807, 2.05) is 0 Å². The molecule has 0 aliphatic carbocycles. The highest BCUT2D eigenvalue weighted by atomic mass is 32.1. The molecule has 4 atom stereocenters. The Balaban J connectivity index is 2.23. The molecule has 180 valence electrons. The number of carboxylic acids is 2. The number of nitrogens with zero attached hydrogens (tertiary/aromatic N) is 1. The summed E-state index contributed by atoms with van der Waals surface area (Å²) in [5.74, 6) is -4.72. The summed E-state index contributed by atoms with van der Waals surface area (Å²) in [7, 11) is 0. The zero-order chi connectivity index (χ0) is 24.5. The number of carbonyl (C=O) groups excluding carboxylic acids is 3. The molecule has 6 N–H and O–H groups in total. The van der Waals surface area contributed by atoms with Crippen LogP contribution in [-0.4, -0.2) is 81.2 Å². The molecule has 33 heavy (non-hydrogen) atoms. The lowest BCUT2D eigenvalue weighted by atomic mass is 10.0. The first-order valence-electron chi connectivity index (χ1n) is 10.4. The molecule has 0 spiro atoms. The van der Waals surface area contributed by atoms with E-state index in [2.05, 4.69) is 23.3 Å².